The molecule has 0 fully saturated rings. The number of aromatic nitrogens is 2. The van der Waals surface area contributed by atoms with Crippen LogP contribution in [0.15, 0.2) is 140 Å². The van der Waals surface area contributed by atoms with Crippen LogP contribution < -0.4 is 0 Å². The summed E-state index contributed by atoms with van der Waals surface area (Å²) >= 11 is 0. The lowest BCUT2D eigenvalue weighted by Gasteiger charge is -2.12. The molecule has 0 unspecified atom stereocenters. The van der Waals surface area contributed by atoms with Crippen LogP contribution in [-0.4, -0.2) is 9.13 Å². The van der Waals surface area contributed by atoms with E-state index in [-0.39, 0.29) is 0 Å². The topological polar surface area (TPSA) is 9.86 Å². The molecule has 0 aliphatic heterocycles. The monoisotopic (exact) mass is 630 g/mol. The lowest BCUT2D eigenvalue weighted by atomic mass is 9.96. The maximum Gasteiger partial charge on any atom is 0.0541 e. The van der Waals surface area contributed by atoms with Crippen LogP contribution in [0, 0.1) is 34.6 Å². The minimum atomic E-state index is 1.18. The summed E-state index contributed by atoms with van der Waals surface area (Å²) in [4.78, 5) is 0. The number of benzene rings is 7. The molecule has 0 saturated carbocycles. The van der Waals surface area contributed by atoms with Crippen molar-refractivity contribution >= 4 is 43.6 Å². The minimum Gasteiger partial charge on any atom is -0.309 e. The summed E-state index contributed by atoms with van der Waals surface area (Å²) in [7, 11) is 0. The van der Waals surface area contributed by atoms with Crippen molar-refractivity contribution in [2.75, 3.05) is 0 Å². The summed E-state index contributed by atoms with van der Waals surface area (Å²) < 4.78 is 4.80. The predicted molar refractivity (Wildman–Crippen MR) is 210 cm³/mol. The van der Waals surface area contributed by atoms with E-state index >= 15 is 0 Å². The van der Waals surface area contributed by atoms with Crippen LogP contribution >= 0.6 is 0 Å². The normalized spacial score (nSPS) is 11.8. The highest BCUT2D eigenvalue weighted by molar-refractivity contribution is 6.10. The van der Waals surface area contributed by atoms with E-state index in [1.165, 1.54) is 105 Å². The largest absolute Gasteiger partial charge is 0.309 e. The van der Waals surface area contributed by atoms with Crippen molar-refractivity contribution in [1.82, 2.24) is 9.13 Å². The van der Waals surface area contributed by atoms with Gasteiger partial charge in [-0.3, -0.25) is 0 Å². The molecule has 0 spiro atoms. The number of rotatable bonds is 4. The molecular weight excluding hydrogens is 593 g/mol. The second-order valence-electron chi connectivity index (χ2n) is 13.9. The average Bonchev–Trinajstić information content (AvgIpc) is 3.59. The van der Waals surface area contributed by atoms with Gasteiger partial charge in [0.05, 0.1) is 22.1 Å². The molecule has 9 rings (SSSR count). The fourth-order valence-corrected chi connectivity index (χ4v) is 7.78. The number of hydrogen-bond acceptors (Lipinski definition) is 0. The van der Waals surface area contributed by atoms with Crippen molar-refractivity contribution in [3.63, 3.8) is 0 Å². The summed E-state index contributed by atoms with van der Waals surface area (Å²) in [6.07, 6.45) is 0. The molecule has 2 heterocycles. The molecule has 0 aliphatic rings. The van der Waals surface area contributed by atoms with Gasteiger partial charge in [0.2, 0.25) is 0 Å². The quantitative estimate of drug-likeness (QED) is 0.183. The van der Waals surface area contributed by atoms with Crippen LogP contribution in [-0.2, 0) is 0 Å². The van der Waals surface area contributed by atoms with Gasteiger partial charge in [-0.05, 0) is 141 Å². The number of aryl methyl sites for hydroxylation is 5. The third-order valence-electron chi connectivity index (χ3n) is 10.1. The highest BCUT2D eigenvalue weighted by atomic mass is 15.0. The van der Waals surface area contributed by atoms with Crippen LogP contribution in [0.1, 0.15) is 27.8 Å². The lowest BCUT2D eigenvalue weighted by molar-refractivity contribution is 1.18. The zero-order valence-corrected chi connectivity index (χ0v) is 28.7. The molecule has 49 heavy (non-hydrogen) atoms. The molecule has 0 saturated heterocycles. The molecule has 2 nitrogen and oxygen atoms in total. The Morgan fingerprint density at radius 1 is 0.265 bits per heavy atom. The van der Waals surface area contributed by atoms with Crippen molar-refractivity contribution in [1.29, 1.82) is 0 Å². The predicted octanol–water partition coefficient (Wildman–Crippen LogP) is 12.8. The van der Waals surface area contributed by atoms with Crippen molar-refractivity contribution < 1.29 is 0 Å². The zero-order valence-electron chi connectivity index (χ0n) is 28.7. The van der Waals surface area contributed by atoms with Crippen LogP contribution in [0.4, 0.5) is 0 Å². The van der Waals surface area contributed by atoms with E-state index in [1.807, 2.05) is 0 Å². The Hall–Kier alpha value is -5.86. The van der Waals surface area contributed by atoms with Crippen LogP contribution in [0.2, 0.25) is 0 Å². The molecule has 0 radical (unpaired) electrons. The van der Waals surface area contributed by atoms with E-state index in [1.54, 1.807) is 0 Å². The molecule has 9 aromatic rings. The van der Waals surface area contributed by atoms with E-state index in [0.29, 0.717) is 0 Å². The molecule has 236 valence electrons. The first kappa shape index (κ1) is 29.3. The van der Waals surface area contributed by atoms with Gasteiger partial charge in [0.25, 0.3) is 0 Å². The second-order valence-corrected chi connectivity index (χ2v) is 13.9. The van der Waals surface area contributed by atoms with Gasteiger partial charge in [0.15, 0.2) is 0 Å². The maximum absolute atomic E-state index is 2.40. The van der Waals surface area contributed by atoms with Gasteiger partial charge < -0.3 is 9.13 Å². The highest BCUT2D eigenvalue weighted by Crippen LogP contribution is 2.36. The molecule has 0 amide bonds. The van der Waals surface area contributed by atoms with Gasteiger partial charge in [-0.1, -0.05) is 82.9 Å². The molecule has 7 aromatic carbocycles. The maximum atomic E-state index is 2.40. The Kier molecular flexibility index (Phi) is 6.64. The molecular formula is C47H38N2. The van der Waals surface area contributed by atoms with Crippen LogP contribution in [0.3, 0.4) is 0 Å². The molecule has 2 aromatic heterocycles. The Balaban J connectivity index is 1.08. The van der Waals surface area contributed by atoms with E-state index in [4.69, 9.17) is 0 Å². The molecule has 0 bridgehead atoms. The van der Waals surface area contributed by atoms with Gasteiger partial charge >= 0.3 is 0 Å². The first-order valence-electron chi connectivity index (χ1n) is 17.2. The van der Waals surface area contributed by atoms with E-state index in [2.05, 4.69) is 183 Å². The Bertz CT molecular complexity index is 2430. The summed E-state index contributed by atoms with van der Waals surface area (Å²) in [6.45, 7) is 10.9. The van der Waals surface area contributed by atoms with Gasteiger partial charge in [-0.2, -0.15) is 0 Å². The highest BCUT2D eigenvalue weighted by Gasteiger charge is 2.15. The number of nitrogens with zero attached hydrogens (tertiary/aromatic N) is 2. The molecule has 0 aliphatic carbocycles. The summed E-state index contributed by atoms with van der Waals surface area (Å²) in [5.41, 5.74) is 18.6. The first-order valence-corrected chi connectivity index (χ1v) is 17.2. The Morgan fingerprint density at radius 3 is 0.878 bits per heavy atom. The van der Waals surface area contributed by atoms with Crippen molar-refractivity contribution in [3.05, 3.63) is 167 Å². The fourth-order valence-electron chi connectivity index (χ4n) is 7.78. The summed E-state index contributed by atoms with van der Waals surface area (Å²) in [5.74, 6) is 0. The molecule has 2 heteroatoms. The van der Waals surface area contributed by atoms with Gasteiger partial charge in [0, 0.05) is 32.9 Å². The third-order valence-corrected chi connectivity index (χ3v) is 10.1. The van der Waals surface area contributed by atoms with Crippen molar-refractivity contribution in [2.24, 2.45) is 0 Å². The first-order chi connectivity index (χ1) is 23.8. The summed E-state index contributed by atoms with van der Waals surface area (Å²) in [6, 6.07) is 52.2. The fraction of sp³-hybridized carbons (Fsp3) is 0.106. The molecule has 0 atom stereocenters. The van der Waals surface area contributed by atoms with Gasteiger partial charge in [-0.15, -0.1) is 0 Å². The zero-order chi connectivity index (χ0) is 33.4. The number of fused-ring (bicyclic) bond motifs is 6. The van der Waals surface area contributed by atoms with Crippen LogP contribution in [0.25, 0.3) is 77.2 Å². The van der Waals surface area contributed by atoms with Crippen molar-refractivity contribution in [3.8, 4) is 33.6 Å². The van der Waals surface area contributed by atoms with E-state index in [9.17, 15) is 0 Å². The number of hydrogen-bond donors (Lipinski definition) is 0. The third kappa shape index (κ3) is 4.86. The SMILES string of the molecule is Cc1cc(-c2ccc(-n3c4ccc(C)cc4c4cc(C)ccc43)cc2)cc(-c2ccc(-n3c4ccc(C)cc4c4cc(C)ccc43)cc2)c1. The van der Waals surface area contributed by atoms with Crippen LogP contribution in [0.5, 0.6) is 0 Å². The van der Waals surface area contributed by atoms with Crippen molar-refractivity contribution in [2.45, 2.75) is 34.6 Å². The lowest BCUT2D eigenvalue weighted by Crippen LogP contribution is -1.94. The van der Waals surface area contributed by atoms with E-state index in [0.717, 1.165) is 0 Å². The smallest absolute Gasteiger partial charge is 0.0541 e. The van der Waals surface area contributed by atoms with E-state index < -0.39 is 0 Å². The Labute approximate surface area is 287 Å². The van der Waals surface area contributed by atoms with Gasteiger partial charge in [-0.25, -0.2) is 0 Å². The second kappa shape index (κ2) is 11.1. The average molecular weight is 631 g/mol. The Morgan fingerprint density at radius 2 is 0.571 bits per heavy atom. The standard InChI is InChI=1S/C47H38N2/c1-29-6-18-44-40(24-29)41-25-30(2)7-19-45(41)48(44)38-14-10-34(11-15-38)36-22-33(5)23-37(28-36)35-12-16-39(17-13-35)49-46-20-8-31(3)26-42(46)43-27-32(4)9-21-47(43)49/h6-28H,1-5H3. The minimum absolute atomic E-state index is 1.18. The molecule has 0 N–H and O–H groups in total. The van der Waals surface area contributed by atoms with Gasteiger partial charge in [0.1, 0.15) is 0 Å². The summed E-state index contributed by atoms with van der Waals surface area (Å²) in [5, 5.41) is 5.22.